The Bertz CT molecular complexity index is 531. The molecule has 0 aliphatic heterocycles. The van der Waals surface area contributed by atoms with Gasteiger partial charge >= 0.3 is 7.82 Å². The van der Waals surface area contributed by atoms with Gasteiger partial charge in [0, 0.05) is 13.7 Å². The van der Waals surface area contributed by atoms with E-state index in [0.29, 0.717) is 24.2 Å². The van der Waals surface area contributed by atoms with Crippen molar-refractivity contribution in [2.75, 3.05) is 54.6 Å². The lowest BCUT2D eigenvalue weighted by atomic mass is 10.0. The molecule has 0 rings (SSSR count). The summed E-state index contributed by atoms with van der Waals surface area (Å²) in [5, 5.41) is 0. The number of phosphoric ester groups is 1. The van der Waals surface area contributed by atoms with Crippen LogP contribution in [0.25, 0.3) is 0 Å². The van der Waals surface area contributed by atoms with Crippen LogP contribution in [0, 0.1) is 0 Å². The predicted molar refractivity (Wildman–Crippen MR) is 152 cm³/mol. The fraction of sp³-hybridized carbons (Fsp3) is 1.00. The van der Waals surface area contributed by atoms with Gasteiger partial charge in [0.05, 0.1) is 34.4 Å². The largest absolute Gasteiger partial charge is 0.870 e. The van der Waals surface area contributed by atoms with Crippen LogP contribution in [0.3, 0.4) is 0 Å². The molecule has 0 aromatic heterocycles. The normalized spacial score (nSPS) is 15.2. The van der Waals surface area contributed by atoms with Crippen molar-refractivity contribution in [3.8, 4) is 0 Å². The van der Waals surface area contributed by atoms with Crippen LogP contribution in [0.5, 0.6) is 0 Å². The van der Waals surface area contributed by atoms with Crippen LogP contribution in [0.4, 0.5) is 0 Å². The number of ether oxygens (including phenoxy) is 2. The minimum atomic E-state index is -4.13. The highest BCUT2D eigenvalue weighted by Crippen LogP contribution is 2.44. The molecule has 8 nitrogen and oxygen atoms in total. The summed E-state index contributed by atoms with van der Waals surface area (Å²) < 4.78 is 34.2. The summed E-state index contributed by atoms with van der Waals surface area (Å²) in [6.45, 7) is 5.61. The quantitative estimate of drug-likeness (QED) is 0.0643. The molecule has 226 valence electrons. The molecule has 2 N–H and O–H groups in total. The molecule has 0 fully saturated rings. The summed E-state index contributed by atoms with van der Waals surface area (Å²) >= 11 is 0. The number of hydrogen-bond donors (Lipinski definition) is 1. The zero-order chi connectivity index (χ0) is 27.1. The number of quaternary nitrogens is 1. The van der Waals surface area contributed by atoms with Crippen LogP contribution in [0.2, 0.25) is 0 Å². The van der Waals surface area contributed by atoms with Crippen molar-refractivity contribution in [2.45, 2.75) is 129 Å². The van der Waals surface area contributed by atoms with Crippen molar-refractivity contribution in [3.05, 3.63) is 0 Å². The first-order valence-corrected chi connectivity index (χ1v) is 16.2. The fourth-order valence-electron chi connectivity index (χ4n) is 4.39. The number of unbranched alkanes of at least 4 members (excludes halogenated alkanes) is 15. The average Bonchev–Trinajstić information content (AvgIpc) is 2.78. The third-order valence-corrected chi connectivity index (χ3v) is 7.42. The highest BCUT2D eigenvalue weighted by atomic mass is 31.2. The van der Waals surface area contributed by atoms with Crippen LogP contribution < -0.4 is 0 Å². The Morgan fingerprint density at radius 3 is 1.59 bits per heavy atom. The van der Waals surface area contributed by atoms with Gasteiger partial charge in [-0.25, -0.2) is 4.57 Å². The predicted octanol–water partition coefficient (Wildman–Crippen LogP) is 7.33. The number of nitrogens with zero attached hydrogens (tertiary/aromatic N) is 1. The molecule has 0 bridgehead atoms. The minimum Gasteiger partial charge on any atom is -0.870 e. The molecule has 0 spiro atoms. The van der Waals surface area contributed by atoms with Crippen molar-refractivity contribution in [1.82, 2.24) is 0 Å². The Kier molecular flexibility index (Phi) is 26.4. The van der Waals surface area contributed by atoms with E-state index in [1.165, 1.54) is 96.3 Å². The summed E-state index contributed by atoms with van der Waals surface area (Å²) in [4.78, 5) is 9.96. The van der Waals surface area contributed by atoms with E-state index in [-0.39, 0.29) is 12.1 Å². The molecule has 37 heavy (non-hydrogen) atoms. The first-order chi connectivity index (χ1) is 17.1. The van der Waals surface area contributed by atoms with Crippen LogP contribution in [0.1, 0.15) is 117 Å². The first-order valence-electron chi connectivity index (χ1n) is 14.7. The smallest absolute Gasteiger partial charge is 0.472 e. The van der Waals surface area contributed by atoms with E-state index in [9.17, 15) is 9.46 Å². The molecule has 0 aliphatic carbocycles. The topological polar surface area (TPSA) is 104 Å². The molecular weight excluding hydrogens is 493 g/mol. The summed E-state index contributed by atoms with van der Waals surface area (Å²) in [6, 6.07) is 0. The van der Waals surface area contributed by atoms with Crippen molar-refractivity contribution >= 4 is 7.82 Å². The van der Waals surface area contributed by atoms with Crippen molar-refractivity contribution < 1.29 is 37.9 Å². The van der Waals surface area contributed by atoms with E-state index in [4.69, 9.17) is 18.5 Å². The van der Waals surface area contributed by atoms with Crippen molar-refractivity contribution in [2.24, 2.45) is 0 Å². The van der Waals surface area contributed by atoms with E-state index in [2.05, 4.69) is 6.92 Å². The summed E-state index contributed by atoms with van der Waals surface area (Å²) in [5.74, 6) is 0. The Morgan fingerprint density at radius 2 is 1.19 bits per heavy atom. The van der Waals surface area contributed by atoms with E-state index >= 15 is 0 Å². The second-order valence-electron chi connectivity index (χ2n) is 11.4. The van der Waals surface area contributed by atoms with Gasteiger partial charge in [0.1, 0.15) is 18.8 Å². The van der Waals surface area contributed by atoms with Crippen molar-refractivity contribution in [3.63, 3.8) is 0 Å². The van der Waals surface area contributed by atoms with Crippen LogP contribution >= 0.6 is 7.82 Å². The molecule has 0 saturated carbocycles. The lowest BCUT2D eigenvalue weighted by Crippen LogP contribution is -2.41. The Labute approximate surface area is 229 Å². The lowest BCUT2D eigenvalue weighted by molar-refractivity contribution is -0.873. The van der Waals surface area contributed by atoms with E-state index in [1.807, 2.05) is 21.1 Å². The van der Waals surface area contributed by atoms with Crippen LogP contribution in [-0.4, -0.2) is 81.7 Å². The zero-order valence-corrected chi connectivity index (χ0v) is 26.0. The number of methoxy groups -OCH3 is 1. The van der Waals surface area contributed by atoms with Gasteiger partial charge < -0.3 is 24.3 Å². The molecule has 0 aliphatic rings. The Hall–Kier alpha value is -0.0500. The second-order valence-corrected chi connectivity index (χ2v) is 12.8. The highest BCUT2D eigenvalue weighted by molar-refractivity contribution is 7.47. The molecule has 0 heterocycles. The maximum Gasteiger partial charge on any atom is 0.472 e. The van der Waals surface area contributed by atoms with Gasteiger partial charge in [-0.05, 0) is 13.3 Å². The molecule has 0 aromatic carbocycles. The van der Waals surface area contributed by atoms with Gasteiger partial charge in [0.25, 0.3) is 0 Å². The third kappa shape index (κ3) is 28.8. The maximum atomic E-state index is 12.2. The van der Waals surface area contributed by atoms with Crippen molar-refractivity contribution in [1.29, 1.82) is 0 Å². The van der Waals surface area contributed by atoms with E-state index in [1.54, 1.807) is 14.0 Å². The number of phosphoric acid groups is 1. The molecule has 3 atom stereocenters. The SMILES string of the molecule is CCCCCCCCCCCCCCCCCCOCC(COP(=O)(O)O[C@@H](C)C[N+](C)(C)C)OC.[OH-]. The number of rotatable bonds is 27. The summed E-state index contributed by atoms with van der Waals surface area (Å²) in [6.07, 6.45) is 20.8. The molecule has 0 amide bonds. The number of likely N-dealkylation sites (N-methyl/N-ethyl adjacent to an activating group) is 1. The van der Waals surface area contributed by atoms with Crippen LogP contribution in [0.15, 0.2) is 0 Å². The van der Waals surface area contributed by atoms with Gasteiger partial charge in [-0.1, -0.05) is 103 Å². The first kappa shape index (κ1) is 39.1. The molecule has 0 saturated heterocycles. The molecule has 0 radical (unpaired) electrons. The zero-order valence-electron chi connectivity index (χ0n) is 25.1. The summed E-state index contributed by atoms with van der Waals surface area (Å²) in [5.41, 5.74) is 0. The molecule has 9 heteroatoms. The standard InChI is InChI=1S/C28H60NO6P.H2O/c1-7-8-9-10-11-12-13-14-15-16-17-18-19-20-21-22-23-33-25-28(32-6)26-34-36(30,31)35-27(2)24-29(3,4)5;/h27-28H,7-26H2,1-6H3;1H2/t27-,28?;/m0./s1. The van der Waals surface area contributed by atoms with Crippen LogP contribution in [-0.2, 0) is 23.1 Å². The second kappa shape index (κ2) is 25.0. The highest BCUT2D eigenvalue weighted by Gasteiger charge is 2.28. The monoisotopic (exact) mass is 555 g/mol. The average molecular weight is 556 g/mol. The number of hydrogen-bond acceptors (Lipinski definition) is 6. The van der Waals surface area contributed by atoms with E-state index in [0.717, 1.165) is 6.42 Å². The lowest BCUT2D eigenvalue weighted by Gasteiger charge is -2.28. The molecule has 2 unspecified atom stereocenters. The Balaban J connectivity index is 0. The molecule has 0 aromatic rings. The Morgan fingerprint density at radius 1 is 0.757 bits per heavy atom. The van der Waals surface area contributed by atoms with Gasteiger partial charge in [0.2, 0.25) is 0 Å². The summed E-state index contributed by atoms with van der Waals surface area (Å²) in [7, 11) is 3.43. The maximum absolute atomic E-state index is 12.2. The molecular formula is C28H62NO7P. The van der Waals surface area contributed by atoms with Gasteiger partial charge in [0.15, 0.2) is 0 Å². The van der Waals surface area contributed by atoms with E-state index < -0.39 is 20.0 Å². The minimum absolute atomic E-state index is 0. The van der Waals surface area contributed by atoms with Gasteiger partial charge in [-0.2, -0.15) is 0 Å². The fourth-order valence-corrected chi connectivity index (χ4v) is 5.33. The van der Waals surface area contributed by atoms with Gasteiger partial charge in [-0.3, -0.25) is 9.05 Å². The van der Waals surface area contributed by atoms with Gasteiger partial charge in [-0.15, -0.1) is 0 Å². The third-order valence-electron chi connectivity index (χ3n) is 6.32.